The highest BCUT2D eigenvalue weighted by atomic mass is 16.6. The quantitative estimate of drug-likeness (QED) is 0.0346. The van der Waals surface area contributed by atoms with Crippen LogP contribution >= 0.6 is 0 Å². The first-order chi connectivity index (χ1) is 32.6. The van der Waals surface area contributed by atoms with Crippen molar-refractivity contribution in [2.45, 2.75) is 232 Å². The zero-order chi connectivity index (χ0) is 47.7. The molecule has 0 saturated heterocycles. The summed E-state index contributed by atoms with van der Waals surface area (Å²) in [4.78, 5) is 25.5. The summed E-state index contributed by atoms with van der Waals surface area (Å²) in [6.07, 6.45) is 77.8. The summed E-state index contributed by atoms with van der Waals surface area (Å²) in [5, 5.41) is 0. The molecule has 0 aromatic rings. The molecular weight excluding hydrogens is 813 g/mol. The highest BCUT2D eigenvalue weighted by Crippen LogP contribution is 2.13. The van der Waals surface area contributed by atoms with Gasteiger partial charge in [-0.05, 0) is 122 Å². The summed E-state index contributed by atoms with van der Waals surface area (Å²) in [6, 6.07) is 0. The Morgan fingerprint density at radius 3 is 1.02 bits per heavy atom. The van der Waals surface area contributed by atoms with Crippen LogP contribution in [0.2, 0.25) is 0 Å². The van der Waals surface area contributed by atoms with Gasteiger partial charge in [0.15, 0.2) is 6.10 Å². The van der Waals surface area contributed by atoms with E-state index in [-0.39, 0.29) is 25.2 Å². The minimum Gasteiger partial charge on any atom is -0.462 e. The van der Waals surface area contributed by atoms with Crippen molar-refractivity contribution >= 4 is 11.9 Å². The van der Waals surface area contributed by atoms with E-state index in [1.165, 1.54) is 57.8 Å². The Hall–Kier alpha value is -3.70. The van der Waals surface area contributed by atoms with E-state index in [1.54, 1.807) is 0 Å². The molecule has 1 unspecified atom stereocenters. The highest BCUT2D eigenvalue weighted by Gasteiger charge is 2.17. The van der Waals surface area contributed by atoms with Crippen molar-refractivity contribution in [1.29, 1.82) is 0 Å². The molecule has 1 atom stereocenters. The van der Waals surface area contributed by atoms with Gasteiger partial charge in [-0.1, -0.05) is 213 Å². The maximum Gasteiger partial charge on any atom is 0.306 e. The molecule has 0 aromatic heterocycles. The fourth-order valence-corrected chi connectivity index (χ4v) is 7.06. The lowest BCUT2D eigenvalue weighted by atomic mass is 10.1. The lowest BCUT2D eigenvalue weighted by Gasteiger charge is -2.18. The van der Waals surface area contributed by atoms with E-state index in [0.29, 0.717) is 19.4 Å². The van der Waals surface area contributed by atoms with Crippen molar-refractivity contribution in [1.82, 2.24) is 0 Å². The smallest absolute Gasteiger partial charge is 0.306 e. The number of unbranched alkanes of at least 4 members (excludes halogenated alkanes) is 17. The summed E-state index contributed by atoms with van der Waals surface area (Å²) >= 11 is 0. The minimum atomic E-state index is -0.568. The molecule has 0 aliphatic heterocycles. The number of hydrogen-bond donors (Lipinski definition) is 0. The van der Waals surface area contributed by atoms with Gasteiger partial charge < -0.3 is 14.2 Å². The highest BCUT2D eigenvalue weighted by molar-refractivity contribution is 5.70. The van der Waals surface area contributed by atoms with E-state index in [4.69, 9.17) is 14.2 Å². The van der Waals surface area contributed by atoms with Crippen LogP contribution in [0, 0.1) is 0 Å². The fourth-order valence-electron chi connectivity index (χ4n) is 7.06. The number of rotatable bonds is 48. The normalized spacial score (nSPS) is 13.2. The Kier molecular flexibility index (Phi) is 52.5. The van der Waals surface area contributed by atoms with E-state index in [1.807, 2.05) is 0 Å². The number of carbonyl (C=O) groups excluding carboxylic acids is 2. The van der Waals surface area contributed by atoms with E-state index in [9.17, 15) is 9.59 Å². The number of ether oxygens (including phenoxy) is 3. The molecule has 0 aromatic carbocycles. The van der Waals surface area contributed by atoms with Crippen molar-refractivity contribution in [2.75, 3.05) is 19.8 Å². The number of allylic oxidation sites excluding steroid dienone is 20. The molecule has 66 heavy (non-hydrogen) atoms. The summed E-state index contributed by atoms with van der Waals surface area (Å²) in [5.41, 5.74) is 0. The maximum absolute atomic E-state index is 12.8. The van der Waals surface area contributed by atoms with Gasteiger partial charge in [0.2, 0.25) is 0 Å². The predicted molar refractivity (Wildman–Crippen MR) is 288 cm³/mol. The second kappa shape index (κ2) is 55.6. The summed E-state index contributed by atoms with van der Waals surface area (Å²) in [7, 11) is 0. The molecule has 374 valence electrons. The average Bonchev–Trinajstić information content (AvgIpc) is 3.32. The SMILES string of the molecule is CC/C=C\C/C=C\C/C=C\C/C=C\CCCCCCCOCC(COC(=O)CCCCCCCCC/C=C\C/C=C\C/C=C\CC)OC(=O)CCCCCCC/C=C\C/C=C\C/C=C\CC. The molecule has 0 aliphatic carbocycles. The Bertz CT molecular complexity index is 1350. The topological polar surface area (TPSA) is 61.8 Å². The van der Waals surface area contributed by atoms with E-state index in [2.05, 4.69) is 142 Å². The van der Waals surface area contributed by atoms with Crippen LogP contribution < -0.4 is 0 Å². The second-order valence-corrected chi connectivity index (χ2v) is 17.3. The molecule has 0 spiro atoms. The lowest BCUT2D eigenvalue weighted by molar-refractivity contribution is -0.163. The van der Waals surface area contributed by atoms with Gasteiger partial charge in [-0.15, -0.1) is 0 Å². The predicted octanol–water partition coefficient (Wildman–Crippen LogP) is 18.6. The van der Waals surface area contributed by atoms with Gasteiger partial charge in [0.25, 0.3) is 0 Å². The molecule has 0 fully saturated rings. The molecule has 0 aliphatic rings. The van der Waals surface area contributed by atoms with Crippen LogP contribution in [0.15, 0.2) is 122 Å². The van der Waals surface area contributed by atoms with E-state index >= 15 is 0 Å². The number of hydrogen-bond acceptors (Lipinski definition) is 5. The Morgan fingerprint density at radius 1 is 0.333 bits per heavy atom. The first kappa shape index (κ1) is 62.3. The van der Waals surface area contributed by atoms with Gasteiger partial charge in [-0.25, -0.2) is 0 Å². The molecule has 0 radical (unpaired) electrons. The molecule has 0 saturated carbocycles. The standard InChI is InChI=1S/C61H100O5/c1-4-7-10-13-16-19-22-25-28-30-32-35-38-41-44-47-50-53-56-64-57-59(66-61(63)55-52-49-46-43-40-37-33-27-24-21-18-15-12-9-6-3)58-65-60(62)54-51-48-45-42-39-36-34-31-29-26-23-20-17-14-11-8-5-2/h7-12,16-21,25-29,32-33,35,59H,4-6,13-15,22-24,30-31,34,36-58H2,1-3H3/b10-7-,11-8-,12-9-,19-16-,20-17-,21-18-,28-25-,29-26-,33-27-,35-32-. The van der Waals surface area contributed by atoms with Crippen LogP contribution in [0.3, 0.4) is 0 Å². The number of esters is 2. The third kappa shape index (κ3) is 52.9. The zero-order valence-electron chi connectivity index (χ0n) is 42.9. The van der Waals surface area contributed by atoms with Crippen LogP contribution in [0.1, 0.15) is 226 Å². The molecule has 0 rings (SSSR count). The van der Waals surface area contributed by atoms with Crippen molar-refractivity contribution in [2.24, 2.45) is 0 Å². The molecular formula is C61H100O5. The largest absolute Gasteiger partial charge is 0.462 e. The van der Waals surface area contributed by atoms with Gasteiger partial charge in [-0.3, -0.25) is 9.59 Å². The van der Waals surface area contributed by atoms with Gasteiger partial charge in [0.05, 0.1) is 6.61 Å². The van der Waals surface area contributed by atoms with E-state index < -0.39 is 6.10 Å². The van der Waals surface area contributed by atoms with Crippen LogP contribution in [-0.2, 0) is 23.8 Å². The first-order valence-corrected chi connectivity index (χ1v) is 27.1. The molecule has 0 N–H and O–H groups in total. The van der Waals surface area contributed by atoms with Crippen molar-refractivity contribution in [3.8, 4) is 0 Å². The van der Waals surface area contributed by atoms with Crippen LogP contribution in [0.25, 0.3) is 0 Å². The number of carbonyl (C=O) groups is 2. The zero-order valence-corrected chi connectivity index (χ0v) is 42.9. The Balaban J connectivity index is 4.38. The Labute approximate surface area is 407 Å². The van der Waals surface area contributed by atoms with Gasteiger partial charge in [0, 0.05) is 19.4 Å². The first-order valence-electron chi connectivity index (χ1n) is 27.1. The lowest BCUT2D eigenvalue weighted by Crippen LogP contribution is -2.30. The average molecular weight is 913 g/mol. The monoisotopic (exact) mass is 913 g/mol. The van der Waals surface area contributed by atoms with E-state index in [0.717, 1.165) is 135 Å². The van der Waals surface area contributed by atoms with Gasteiger partial charge in [0.1, 0.15) is 6.61 Å². The molecule has 5 nitrogen and oxygen atoms in total. The molecule has 0 bridgehead atoms. The Morgan fingerprint density at radius 2 is 0.636 bits per heavy atom. The minimum absolute atomic E-state index is 0.0577. The third-order valence-electron chi connectivity index (χ3n) is 11.0. The molecule has 0 amide bonds. The summed E-state index contributed by atoms with van der Waals surface area (Å²) in [5.74, 6) is -0.445. The van der Waals surface area contributed by atoms with Crippen molar-refractivity contribution in [3.63, 3.8) is 0 Å². The van der Waals surface area contributed by atoms with Gasteiger partial charge >= 0.3 is 11.9 Å². The summed E-state index contributed by atoms with van der Waals surface area (Å²) in [6.45, 7) is 7.42. The van der Waals surface area contributed by atoms with Crippen LogP contribution in [-0.4, -0.2) is 37.9 Å². The molecule has 5 heteroatoms. The summed E-state index contributed by atoms with van der Waals surface area (Å²) < 4.78 is 17.4. The van der Waals surface area contributed by atoms with Crippen molar-refractivity contribution in [3.05, 3.63) is 122 Å². The van der Waals surface area contributed by atoms with Gasteiger partial charge in [-0.2, -0.15) is 0 Å². The molecule has 0 heterocycles. The second-order valence-electron chi connectivity index (χ2n) is 17.3. The fraction of sp³-hybridized carbons (Fsp3) is 0.639. The van der Waals surface area contributed by atoms with Crippen LogP contribution in [0.5, 0.6) is 0 Å². The van der Waals surface area contributed by atoms with Crippen molar-refractivity contribution < 1.29 is 23.8 Å². The van der Waals surface area contributed by atoms with Crippen LogP contribution in [0.4, 0.5) is 0 Å². The maximum atomic E-state index is 12.8. The third-order valence-corrected chi connectivity index (χ3v) is 11.0.